The normalized spacial score (nSPS) is 10.6. The van der Waals surface area contributed by atoms with E-state index in [2.05, 4.69) is 10.3 Å². The van der Waals surface area contributed by atoms with Crippen LogP contribution in [0.3, 0.4) is 0 Å². The number of fused-ring (bicyclic) bond motifs is 1. The standard InChI is InChI=1S/C18H18N2O4/c1-22-15-6-4-12(7-17(15)23-2)9-18(21)19-10-13-3-5-14-16(8-13)24-11-20-14/h3-8,11H,9-10H2,1-2H3,(H,19,21). The number of benzene rings is 2. The zero-order valence-electron chi connectivity index (χ0n) is 13.5. The van der Waals surface area contributed by atoms with Crippen LogP contribution in [-0.2, 0) is 17.8 Å². The average Bonchev–Trinajstić information content (AvgIpc) is 3.07. The van der Waals surface area contributed by atoms with Crippen molar-refractivity contribution in [1.82, 2.24) is 10.3 Å². The smallest absolute Gasteiger partial charge is 0.224 e. The van der Waals surface area contributed by atoms with Gasteiger partial charge in [-0.1, -0.05) is 12.1 Å². The minimum absolute atomic E-state index is 0.0695. The van der Waals surface area contributed by atoms with Crippen LogP contribution < -0.4 is 14.8 Å². The maximum atomic E-state index is 12.1. The van der Waals surface area contributed by atoms with E-state index in [9.17, 15) is 4.79 Å². The predicted molar refractivity (Wildman–Crippen MR) is 89.1 cm³/mol. The number of ether oxygens (including phenoxy) is 2. The van der Waals surface area contributed by atoms with Crippen molar-refractivity contribution in [2.24, 2.45) is 0 Å². The Balaban J connectivity index is 1.61. The number of methoxy groups -OCH3 is 2. The van der Waals surface area contributed by atoms with Crippen molar-refractivity contribution in [2.75, 3.05) is 14.2 Å². The molecule has 0 radical (unpaired) electrons. The number of carbonyl (C=O) groups is 1. The lowest BCUT2D eigenvalue weighted by Gasteiger charge is -2.10. The van der Waals surface area contributed by atoms with E-state index >= 15 is 0 Å². The Morgan fingerprint density at radius 3 is 2.67 bits per heavy atom. The van der Waals surface area contributed by atoms with Gasteiger partial charge in [-0.15, -0.1) is 0 Å². The summed E-state index contributed by atoms with van der Waals surface area (Å²) in [7, 11) is 3.15. The Hall–Kier alpha value is -3.02. The van der Waals surface area contributed by atoms with Crippen LogP contribution in [-0.4, -0.2) is 25.1 Å². The third kappa shape index (κ3) is 3.48. The molecule has 0 spiro atoms. The van der Waals surface area contributed by atoms with Crippen LogP contribution in [0.4, 0.5) is 0 Å². The summed E-state index contributed by atoms with van der Waals surface area (Å²) in [6.45, 7) is 0.433. The molecule has 0 aliphatic heterocycles. The predicted octanol–water partition coefficient (Wildman–Crippen LogP) is 2.70. The number of nitrogens with zero attached hydrogens (tertiary/aromatic N) is 1. The average molecular weight is 326 g/mol. The van der Waals surface area contributed by atoms with Gasteiger partial charge in [0.05, 0.1) is 20.6 Å². The summed E-state index contributed by atoms with van der Waals surface area (Å²) in [4.78, 5) is 16.2. The van der Waals surface area contributed by atoms with Crippen LogP contribution in [0.25, 0.3) is 11.1 Å². The van der Waals surface area contributed by atoms with Crippen molar-refractivity contribution in [1.29, 1.82) is 0 Å². The maximum Gasteiger partial charge on any atom is 0.224 e. The van der Waals surface area contributed by atoms with Crippen LogP contribution in [0.5, 0.6) is 11.5 Å². The van der Waals surface area contributed by atoms with E-state index in [0.29, 0.717) is 23.6 Å². The first-order chi connectivity index (χ1) is 11.7. The van der Waals surface area contributed by atoms with Gasteiger partial charge in [-0.3, -0.25) is 4.79 Å². The molecule has 0 fully saturated rings. The zero-order valence-corrected chi connectivity index (χ0v) is 13.5. The van der Waals surface area contributed by atoms with Crippen LogP contribution in [0.2, 0.25) is 0 Å². The maximum absolute atomic E-state index is 12.1. The lowest BCUT2D eigenvalue weighted by atomic mass is 10.1. The molecule has 0 atom stereocenters. The molecule has 1 aromatic heterocycles. The SMILES string of the molecule is COc1ccc(CC(=O)NCc2ccc3ncoc3c2)cc1OC. The van der Waals surface area contributed by atoms with E-state index in [0.717, 1.165) is 16.6 Å². The molecule has 124 valence electrons. The van der Waals surface area contributed by atoms with Crippen LogP contribution in [0, 0.1) is 0 Å². The van der Waals surface area contributed by atoms with Crippen LogP contribution in [0.1, 0.15) is 11.1 Å². The fourth-order valence-corrected chi connectivity index (χ4v) is 2.45. The molecular weight excluding hydrogens is 308 g/mol. The van der Waals surface area contributed by atoms with Gasteiger partial charge >= 0.3 is 0 Å². The van der Waals surface area contributed by atoms with Gasteiger partial charge in [0.15, 0.2) is 23.5 Å². The summed E-state index contributed by atoms with van der Waals surface area (Å²) >= 11 is 0. The Morgan fingerprint density at radius 2 is 1.88 bits per heavy atom. The number of aromatic nitrogens is 1. The highest BCUT2D eigenvalue weighted by molar-refractivity contribution is 5.79. The van der Waals surface area contributed by atoms with Crippen LogP contribution in [0.15, 0.2) is 47.2 Å². The molecular formula is C18H18N2O4. The first kappa shape index (κ1) is 15.9. The second-order valence-electron chi connectivity index (χ2n) is 5.30. The van der Waals surface area contributed by atoms with Crippen LogP contribution >= 0.6 is 0 Å². The van der Waals surface area contributed by atoms with E-state index < -0.39 is 0 Å². The van der Waals surface area contributed by atoms with Gasteiger partial charge in [-0.25, -0.2) is 4.98 Å². The highest BCUT2D eigenvalue weighted by Crippen LogP contribution is 2.27. The molecule has 0 aliphatic rings. The summed E-state index contributed by atoms with van der Waals surface area (Å²) in [5.74, 6) is 1.18. The Bertz CT molecular complexity index is 857. The monoisotopic (exact) mass is 326 g/mol. The summed E-state index contributed by atoms with van der Waals surface area (Å²) in [5.41, 5.74) is 3.33. The molecule has 0 unspecified atom stereocenters. The molecule has 0 saturated carbocycles. The van der Waals surface area contributed by atoms with E-state index in [-0.39, 0.29) is 12.3 Å². The molecule has 24 heavy (non-hydrogen) atoms. The Labute approximate surface area is 139 Å². The van der Waals surface area contributed by atoms with Gasteiger partial charge in [0.1, 0.15) is 5.52 Å². The topological polar surface area (TPSA) is 73.6 Å². The zero-order chi connectivity index (χ0) is 16.9. The minimum Gasteiger partial charge on any atom is -0.493 e. The summed E-state index contributed by atoms with van der Waals surface area (Å²) in [6, 6.07) is 11.1. The second-order valence-corrected chi connectivity index (χ2v) is 5.30. The molecule has 1 heterocycles. The van der Waals surface area contributed by atoms with E-state index in [4.69, 9.17) is 13.9 Å². The molecule has 3 rings (SSSR count). The number of hydrogen-bond donors (Lipinski definition) is 1. The quantitative estimate of drug-likeness (QED) is 0.754. The molecule has 6 heteroatoms. The van der Waals surface area contributed by atoms with Crippen molar-refractivity contribution in [3.8, 4) is 11.5 Å². The van der Waals surface area contributed by atoms with E-state index in [1.165, 1.54) is 6.39 Å². The summed E-state index contributed by atoms with van der Waals surface area (Å²) in [5, 5.41) is 2.90. The van der Waals surface area contributed by atoms with Gasteiger partial charge < -0.3 is 19.2 Å². The van der Waals surface area contributed by atoms with Crippen molar-refractivity contribution < 1.29 is 18.7 Å². The second kappa shape index (κ2) is 7.04. The fourth-order valence-electron chi connectivity index (χ4n) is 2.45. The lowest BCUT2D eigenvalue weighted by molar-refractivity contribution is -0.120. The number of oxazole rings is 1. The number of rotatable bonds is 6. The molecule has 1 N–H and O–H groups in total. The lowest BCUT2D eigenvalue weighted by Crippen LogP contribution is -2.24. The van der Waals surface area contributed by atoms with E-state index in [1.54, 1.807) is 26.4 Å². The van der Waals surface area contributed by atoms with Gasteiger partial charge in [0.2, 0.25) is 5.91 Å². The third-order valence-corrected chi connectivity index (χ3v) is 3.70. The van der Waals surface area contributed by atoms with Crippen molar-refractivity contribution in [3.05, 3.63) is 53.9 Å². The number of amides is 1. The molecule has 1 amide bonds. The van der Waals surface area contributed by atoms with Gasteiger partial charge in [0.25, 0.3) is 0 Å². The van der Waals surface area contributed by atoms with E-state index in [1.807, 2.05) is 24.3 Å². The van der Waals surface area contributed by atoms with Crippen molar-refractivity contribution >= 4 is 17.0 Å². The molecule has 3 aromatic rings. The molecule has 6 nitrogen and oxygen atoms in total. The molecule has 2 aromatic carbocycles. The van der Waals surface area contributed by atoms with Crippen molar-refractivity contribution in [3.63, 3.8) is 0 Å². The Kier molecular flexibility index (Phi) is 4.65. The minimum atomic E-state index is -0.0695. The number of nitrogens with one attached hydrogen (secondary N) is 1. The first-order valence-corrected chi connectivity index (χ1v) is 7.49. The van der Waals surface area contributed by atoms with Crippen molar-refractivity contribution in [2.45, 2.75) is 13.0 Å². The highest BCUT2D eigenvalue weighted by Gasteiger charge is 2.09. The first-order valence-electron chi connectivity index (χ1n) is 7.49. The largest absolute Gasteiger partial charge is 0.493 e. The number of carbonyl (C=O) groups excluding carboxylic acids is 1. The molecule has 0 aliphatic carbocycles. The number of hydrogen-bond acceptors (Lipinski definition) is 5. The summed E-state index contributed by atoms with van der Waals surface area (Å²) in [6.07, 6.45) is 1.68. The molecule has 0 saturated heterocycles. The molecule has 0 bridgehead atoms. The summed E-state index contributed by atoms with van der Waals surface area (Å²) < 4.78 is 15.7. The van der Waals surface area contributed by atoms with Gasteiger partial charge in [-0.05, 0) is 35.4 Å². The highest BCUT2D eigenvalue weighted by atomic mass is 16.5. The van der Waals surface area contributed by atoms with Gasteiger partial charge in [0, 0.05) is 6.54 Å². The van der Waals surface area contributed by atoms with Gasteiger partial charge in [-0.2, -0.15) is 0 Å². The Morgan fingerprint density at radius 1 is 1.08 bits per heavy atom. The fraction of sp³-hybridized carbons (Fsp3) is 0.222. The third-order valence-electron chi connectivity index (χ3n) is 3.70.